The summed E-state index contributed by atoms with van der Waals surface area (Å²) >= 11 is 1.61. The molecule has 2 heterocycles. The number of aromatic hydroxyl groups is 1. The van der Waals surface area contributed by atoms with Gasteiger partial charge in [0.1, 0.15) is 4.83 Å². The Morgan fingerprint density at radius 3 is 3.11 bits per heavy atom. The van der Waals surface area contributed by atoms with Crippen molar-refractivity contribution in [1.82, 2.24) is 4.40 Å². The molecule has 46 valence electrons. The van der Waals surface area contributed by atoms with Crippen LogP contribution in [0.5, 0.6) is 5.88 Å². The summed E-state index contributed by atoms with van der Waals surface area (Å²) in [6.45, 7) is 0. The number of aromatic nitrogens is 1. The van der Waals surface area contributed by atoms with Crippen molar-refractivity contribution in [3.63, 3.8) is 0 Å². The third-order valence-corrected chi connectivity index (χ3v) is 2.09. The molecule has 0 saturated heterocycles. The van der Waals surface area contributed by atoms with Gasteiger partial charge in [0.2, 0.25) is 0 Å². The van der Waals surface area contributed by atoms with Gasteiger partial charge in [-0.1, -0.05) is 0 Å². The molecule has 2 aromatic heterocycles. The molecule has 0 unspecified atom stereocenters. The van der Waals surface area contributed by atoms with Crippen LogP contribution < -0.4 is 0 Å². The van der Waals surface area contributed by atoms with Crippen molar-refractivity contribution in [2.75, 3.05) is 0 Å². The summed E-state index contributed by atoms with van der Waals surface area (Å²) in [5.41, 5.74) is 0. The minimum absolute atomic E-state index is 0.311. The molecule has 3 heteroatoms. The van der Waals surface area contributed by atoms with Crippen molar-refractivity contribution < 1.29 is 5.11 Å². The molecule has 0 saturated carbocycles. The second-order valence-corrected chi connectivity index (χ2v) is 2.73. The van der Waals surface area contributed by atoms with Crippen molar-refractivity contribution in [1.29, 1.82) is 0 Å². The van der Waals surface area contributed by atoms with E-state index in [1.807, 2.05) is 17.6 Å². The van der Waals surface area contributed by atoms with E-state index in [0.29, 0.717) is 5.88 Å². The molecule has 0 aliphatic rings. The van der Waals surface area contributed by atoms with Crippen LogP contribution in [0.2, 0.25) is 0 Å². The van der Waals surface area contributed by atoms with Gasteiger partial charge in [-0.05, 0) is 6.07 Å². The molecule has 0 bridgehead atoms. The highest BCUT2D eigenvalue weighted by Gasteiger charge is 1.96. The Bertz CT molecular complexity index is 322. The van der Waals surface area contributed by atoms with E-state index in [9.17, 15) is 0 Å². The third-order valence-electron chi connectivity index (χ3n) is 1.26. The lowest BCUT2D eigenvalue weighted by Crippen LogP contribution is -1.70. The molecule has 0 spiro atoms. The van der Waals surface area contributed by atoms with Crippen LogP contribution in [0.3, 0.4) is 0 Å². The fourth-order valence-electron chi connectivity index (χ4n) is 0.826. The predicted octanol–water partition coefficient (Wildman–Crippen LogP) is 1.71. The Kier molecular flexibility index (Phi) is 0.818. The van der Waals surface area contributed by atoms with E-state index in [2.05, 4.69) is 0 Å². The van der Waals surface area contributed by atoms with E-state index in [1.54, 1.807) is 21.8 Å². The van der Waals surface area contributed by atoms with Gasteiger partial charge in [0, 0.05) is 17.6 Å². The Labute approximate surface area is 56.0 Å². The average molecular weight is 139 g/mol. The number of hydrogen-bond acceptors (Lipinski definition) is 2. The van der Waals surface area contributed by atoms with Gasteiger partial charge in [-0.2, -0.15) is 0 Å². The van der Waals surface area contributed by atoms with Crippen LogP contribution in [0.25, 0.3) is 4.83 Å². The van der Waals surface area contributed by atoms with Crippen LogP contribution in [-0.2, 0) is 0 Å². The van der Waals surface area contributed by atoms with Crippen molar-refractivity contribution in [2.24, 2.45) is 0 Å². The van der Waals surface area contributed by atoms with Crippen molar-refractivity contribution >= 4 is 16.2 Å². The first-order valence-corrected chi connectivity index (χ1v) is 3.49. The number of fused-ring (bicyclic) bond motifs is 1. The zero-order valence-corrected chi connectivity index (χ0v) is 5.43. The van der Waals surface area contributed by atoms with Gasteiger partial charge in [-0.25, -0.2) is 0 Å². The Hall–Kier alpha value is -0.960. The van der Waals surface area contributed by atoms with Crippen LogP contribution >= 0.6 is 11.3 Å². The first-order chi connectivity index (χ1) is 4.38. The van der Waals surface area contributed by atoms with Crippen LogP contribution in [-0.4, -0.2) is 9.51 Å². The average Bonchev–Trinajstić information content (AvgIpc) is 2.35. The normalized spacial score (nSPS) is 10.7. The fourth-order valence-corrected chi connectivity index (χ4v) is 1.56. The van der Waals surface area contributed by atoms with Gasteiger partial charge < -0.3 is 5.11 Å². The van der Waals surface area contributed by atoms with Gasteiger partial charge >= 0.3 is 0 Å². The van der Waals surface area contributed by atoms with E-state index in [-0.39, 0.29) is 0 Å². The molecule has 2 rings (SSSR count). The first-order valence-electron chi connectivity index (χ1n) is 2.61. The molecule has 0 aliphatic carbocycles. The first kappa shape index (κ1) is 4.88. The van der Waals surface area contributed by atoms with E-state index in [1.165, 1.54) is 0 Å². The lowest BCUT2D eigenvalue weighted by Gasteiger charge is -1.83. The molecular formula is C6H5NOS. The SMILES string of the molecule is Oc1ccc2sccn12. The van der Waals surface area contributed by atoms with Crippen LogP contribution in [0, 0.1) is 0 Å². The smallest absolute Gasteiger partial charge is 0.196 e. The fraction of sp³-hybridized carbons (Fsp3) is 0. The minimum atomic E-state index is 0.311. The monoisotopic (exact) mass is 139 g/mol. The van der Waals surface area contributed by atoms with E-state index in [0.717, 1.165) is 4.83 Å². The molecule has 0 fully saturated rings. The second kappa shape index (κ2) is 1.51. The quantitative estimate of drug-likeness (QED) is 0.590. The molecule has 0 aromatic carbocycles. The molecule has 2 nitrogen and oxygen atoms in total. The zero-order chi connectivity index (χ0) is 6.27. The number of nitrogens with zero attached hydrogens (tertiary/aromatic N) is 1. The number of thiazole rings is 1. The van der Waals surface area contributed by atoms with Crippen LogP contribution in [0.1, 0.15) is 0 Å². The highest BCUT2D eigenvalue weighted by Crippen LogP contribution is 2.19. The highest BCUT2D eigenvalue weighted by atomic mass is 32.1. The minimum Gasteiger partial charge on any atom is -0.494 e. The molecule has 0 atom stereocenters. The molecule has 9 heavy (non-hydrogen) atoms. The van der Waals surface area contributed by atoms with Gasteiger partial charge in [0.25, 0.3) is 0 Å². The summed E-state index contributed by atoms with van der Waals surface area (Å²) in [4.78, 5) is 1.08. The van der Waals surface area contributed by atoms with Gasteiger partial charge in [-0.3, -0.25) is 4.40 Å². The maximum atomic E-state index is 9.07. The third kappa shape index (κ3) is 0.549. The Balaban J connectivity index is 2.99. The Morgan fingerprint density at radius 2 is 2.33 bits per heavy atom. The van der Waals surface area contributed by atoms with Gasteiger partial charge in [-0.15, -0.1) is 11.3 Å². The summed E-state index contributed by atoms with van der Waals surface area (Å²) in [6.07, 6.45) is 1.84. The lowest BCUT2D eigenvalue weighted by molar-refractivity contribution is 0.449. The van der Waals surface area contributed by atoms with Crippen molar-refractivity contribution in [3.8, 4) is 5.88 Å². The summed E-state index contributed by atoms with van der Waals surface area (Å²) < 4.78 is 1.74. The molecule has 0 amide bonds. The van der Waals surface area contributed by atoms with E-state index in [4.69, 9.17) is 5.11 Å². The zero-order valence-electron chi connectivity index (χ0n) is 4.61. The molecule has 2 aromatic rings. The maximum Gasteiger partial charge on any atom is 0.196 e. The van der Waals surface area contributed by atoms with Gasteiger partial charge in [0.05, 0.1) is 0 Å². The number of hydrogen-bond donors (Lipinski definition) is 1. The van der Waals surface area contributed by atoms with Crippen molar-refractivity contribution in [2.45, 2.75) is 0 Å². The molecular weight excluding hydrogens is 134 g/mol. The highest BCUT2D eigenvalue weighted by molar-refractivity contribution is 7.15. The molecule has 0 radical (unpaired) electrons. The summed E-state index contributed by atoms with van der Waals surface area (Å²) in [6, 6.07) is 3.58. The summed E-state index contributed by atoms with van der Waals surface area (Å²) in [5, 5.41) is 11.0. The molecule has 0 aliphatic heterocycles. The largest absolute Gasteiger partial charge is 0.494 e. The van der Waals surface area contributed by atoms with E-state index < -0.39 is 0 Å². The number of rotatable bonds is 0. The maximum absolute atomic E-state index is 9.07. The van der Waals surface area contributed by atoms with Crippen molar-refractivity contribution in [3.05, 3.63) is 23.7 Å². The topological polar surface area (TPSA) is 24.6 Å². The predicted molar refractivity (Wildman–Crippen MR) is 36.9 cm³/mol. The Morgan fingerprint density at radius 1 is 1.44 bits per heavy atom. The molecule has 1 N–H and O–H groups in total. The van der Waals surface area contributed by atoms with Crippen LogP contribution in [0.15, 0.2) is 23.7 Å². The summed E-state index contributed by atoms with van der Waals surface area (Å²) in [5.74, 6) is 0.311. The summed E-state index contributed by atoms with van der Waals surface area (Å²) in [7, 11) is 0. The lowest BCUT2D eigenvalue weighted by atomic mass is 10.7. The van der Waals surface area contributed by atoms with Gasteiger partial charge in [0.15, 0.2) is 5.88 Å². The standard InChI is InChI=1S/C6H5NOS/c8-5-1-2-6-7(5)3-4-9-6/h1-4,8H. The second-order valence-electron chi connectivity index (χ2n) is 1.80. The van der Waals surface area contributed by atoms with Crippen LogP contribution in [0.4, 0.5) is 0 Å². The van der Waals surface area contributed by atoms with E-state index >= 15 is 0 Å².